The van der Waals surface area contributed by atoms with E-state index in [4.69, 9.17) is 5.11 Å². The first-order chi connectivity index (χ1) is 10.2. The number of hydrogen-bond acceptors (Lipinski definition) is 6. The summed E-state index contributed by atoms with van der Waals surface area (Å²) in [6.45, 7) is 0.0938. The molecule has 2 N–H and O–H groups in total. The quantitative estimate of drug-likeness (QED) is 0.604. The molecule has 1 aromatic carbocycles. The van der Waals surface area contributed by atoms with Gasteiger partial charge in [0.2, 0.25) is 0 Å². The lowest BCUT2D eigenvalue weighted by molar-refractivity contribution is -0.383. The van der Waals surface area contributed by atoms with E-state index >= 15 is 0 Å². The summed E-state index contributed by atoms with van der Waals surface area (Å²) >= 11 is 1.68. The number of nitrogens with zero attached hydrogens (tertiary/aromatic N) is 2. The molecule has 0 spiro atoms. The van der Waals surface area contributed by atoms with Crippen molar-refractivity contribution in [1.29, 1.82) is 0 Å². The summed E-state index contributed by atoms with van der Waals surface area (Å²) in [4.78, 5) is 14.9. The number of rotatable bonds is 7. The van der Waals surface area contributed by atoms with Crippen molar-refractivity contribution in [3.8, 4) is 0 Å². The Morgan fingerprint density at radius 2 is 2.29 bits per heavy atom. The molecule has 7 heteroatoms. The van der Waals surface area contributed by atoms with Crippen molar-refractivity contribution in [2.24, 2.45) is 0 Å². The van der Waals surface area contributed by atoms with Crippen LogP contribution >= 0.6 is 11.8 Å². The predicted octanol–water partition coefficient (Wildman–Crippen LogP) is 2.67. The molecule has 0 bridgehead atoms. The number of fused-ring (bicyclic) bond motifs is 1. The van der Waals surface area contributed by atoms with E-state index in [1.807, 2.05) is 6.26 Å². The standard InChI is InChI=1S/C14H17N3O3S/c1-21-9-10(6-8-18)16-12-4-5-13(17(19)20)11-3-2-7-15-14(11)12/h2-5,7,10,16,18H,6,8-9H2,1H3. The molecule has 6 nitrogen and oxygen atoms in total. The lowest BCUT2D eigenvalue weighted by Crippen LogP contribution is -2.23. The maximum atomic E-state index is 11.1. The second-order valence-electron chi connectivity index (χ2n) is 4.60. The van der Waals surface area contributed by atoms with Crippen molar-refractivity contribution < 1.29 is 10.0 Å². The van der Waals surface area contributed by atoms with Crippen LogP contribution in [0.3, 0.4) is 0 Å². The molecule has 0 fully saturated rings. The Morgan fingerprint density at radius 1 is 1.48 bits per heavy atom. The summed E-state index contributed by atoms with van der Waals surface area (Å²) in [6.07, 6.45) is 4.23. The molecular weight excluding hydrogens is 290 g/mol. The smallest absolute Gasteiger partial charge is 0.278 e. The molecule has 1 unspecified atom stereocenters. The molecule has 1 aromatic heterocycles. The summed E-state index contributed by atoms with van der Waals surface area (Å²) in [5.41, 5.74) is 1.38. The average Bonchev–Trinajstić information content (AvgIpc) is 2.47. The van der Waals surface area contributed by atoms with Crippen LogP contribution in [-0.4, -0.2) is 39.7 Å². The summed E-state index contributed by atoms with van der Waals surface area (Å²) in [5, 5.41) is 24.0. The molecule has 0 aliphatic heterocycles. The maximum absolute atomic E-state index is 11.1. The number of aliphatic hydroxyl groups excluding tert-OH is 1. The molecule has 1 heterocycles. The largest absolute Gasteiger partial charge is 0.396 e. The minimum Gasteiger partial charge on any atom is -0.396 e. The zero-order chi connectivity index (χ0) is 15.2. The number of nitro groups is 1. The summed E-state index contributed by atoms with van der Waals surface area (Å²) in [7, 11) is 0. The van der Waals surface area contributed by atoms with Crippen LogP contribution in [-0.2, 0) is 0 Å². The first-order valence-corrected chi connectivity index (χ1v) is 7.95. The maximum Gasteiger partial charge on any atom is 0.278 e. The van der Waals surface area contributed by atoms with Crippen LogP contribution in [0.1, 0.15) is 6.42 Å². The minimum atomic E-state index is -0.402. The van der Waals surface area contributed by atoms with Crippen molar-refractivity contribution in [2.45, 2.75) is 12.5 Å². The zero-order valence-electron chi connectivity index (χ0n) is 11.7. The lowest BCUT2D eigenvalue weighted by atomic mass is 10.1. The van der Waals surface area contributed by atoms with Gasteiger partial charge in [-0.25, -0.2) is 0 Å². The van der Waals surface area contributed by atoms with Crippen molar-refractivity contribution in [1.82, 2.24) is 4.98 Å². The third kappa shape index (κ3) is 3.62. The van der Waals surface area contributed by atoms with Gasteiger partial charge in [0, 0.05) is 30.7 Å². The number of nitro benzene ring substituents is 1. The van der Waals surface area contributed by atoms with E-state index in [9.17, 15) is 10.1 Å². The van der Waals surface area contributed by atoms with Crippen molar-refractivity contribution in [2.75, 3.05) is 23.9 Å². The van der Waals surface area contributed by atoms with Crippen LogP contribution in [0, 0.1) is 10.1 Å². The fourth-order valence-electron chi connectivity index (χ4n) is 2.21. The number of nitrogens with one attached hydrogen (secondary N) is 1. The van der Waals surface area contributed by atoms with E-state index in [0.717, 1.165) is 11.4 Å². The Kier molecular flexibility index (Phi) is 5.35. The number of hydrogen-bond donors (Lipinski definition) is 2. The van der Waals surface area contributed by atoms with Gasteiger partial charge < -0.3 is 10.4 Å². The molecule has 0 aliphatic rings. The number of non-ortho nitro benzene ring substituents is 1. The third-order valence-electron chi connectivity index (χ3n) is 3.15. The topological polar surface area (TPSA) is 88.3 Å². The Bertz CT molecular complexity index is 630. The van der Waals surface area contributed by atoms with Crippen molar-refractivity contribution in [3.63, 3.8) is 0 Å². The zero-order valence-corrected chi connectivity index (χ0v) is 12.5. The Morgan fingerprint density at radius 3 is 2.95 bits per heavy atom. The van der Waals surface area contributed by atoms with Gasteiger partial charge in [-0.05, 0) is 30.9 Å². The second kappa shape index (κ2) is 7.24. The van der Waals surface area contributed by atoms with E-state index in [1.165, 1.54) is 6.07 Å². The summed E-state index contributed by atoms with van der Waals surface area (Å²) < 4.78 is 0. The number of aromatic nitrogens is 1. The lowest BCUT2D eigenvalue weighted by Gasteiger charge is -2.19. The van der Waals surface area contributed by atoms with Gasteiger partial charge in [0.05, 0.1) is 16.0 Å². The number of thioether (sulfide) groups is 1. The number of benzene rings is 1. The second-order valence-corrected chi connectivity index (χ2v) is 5.51. The number of pyridine rings is 1. The van der Waals surface area contributed by atoms with Crippen LogP contribution in [0.4, 0.5) is 11.4 Å². The van der Waals surface area contributed by atoms with E-state index in [1.54, 1.807) is 36.2 Å². The summed E-state index contributed by atoms with van der Waals surface area (Å²) in [6, 6.07) is 6.64. The van der Waals surface area contributed by atoms with Crippen LogP contribution in [0.15, 0.2) is 30.5 Å². The first kappa shape index (κ1) is 15.5. The third-order valence-corrected chi connectivity index (χ3v) is 3.88. The first-order valence-electron chi connectivity index (χ1n) is 6.55. The monoisotopic (exact) mass is 307 g/mol. The molecule has 112 valence electrons. The molecule has 0 aliphatic carbocycles. The Labute approximate surface area is 126 Å². The summed E-state index contributed by atoms with van der Waals surface area (Å²) in [5.74, 6) is 0.839. The average molecular weight is 307 g/mol. The van der Waals surface area contributed by atoms with Crippen LogP contribution < -0.4 is 5.32 Å². The van der Waals surface area contributed by atoms with Crippen molar-refractivity contribution >= 4 is 34.0 Å². The van der Waals surface area contributed by atoms with E-state index in [2.05, 4.69) is 10.3 Å². The molecule has 1 atom stereocenters. The molecule has 0 saturated carbocycles. The van der Waals surface area contributed by atoms with Crippen LogP contribution in [0.5, 0.6) is 0 Å². The molecule has 0 radical (unpaired) electrons. The molecule has 2 aromatic rings. The van der Waals surface area contributed by atoms with E-state index in [-0.39, 0.29) is 18.3 Å². The Hall–Kier alpha value is -1.86. The van der Waals surface area contributed by atoms with Gasteiger partial charge in [0.1, 0.15) is 5.52 Å². The van der Waals surface area contributed by atoms with Crippen LogP contribution in [0.25, 0.3) is 10.9 Å². The normalized spacial score (nSPS) is 12.3. The molecule has 0 saturated heterocycles. The molecule has 21 heavy (non-hydrogen) atoms. The highest BCUT2D eigenvalue weighted by atomic mass is 32.2. The predicted molar refractivity (Wildman–Crippen MR) is 85.9 cm³/mol. The van der Waals surface area contributed by atoms with Gasteiger partial charge in [-0.15, -0.1) is 0 Å². The van der Waals surface area contributed by atoms with E-state index in [0.29, 0.717) is 17.3 Å². The molecular formula is C14H17N3O3S. The highest BCUT2D eigenvalue weighted by molar-refractivity contribution is 7.98. The van der Waals surface area contributed by atoms with Gasteiger partial charge in [0.25, 0.3) is 5.69 Å². The van der Waals surface area contributed by atoms with Gasteiger partial charge in [0.15, 0.2) is 0 Å². The fraction of sp³-hybridized carbons (Fsp3) is 0.357. The fourth-order valence-corrected chi connectivity index (χ4v) is 2.86. The van der Waals surface area contributed by atoms with E-state index < -0.39 is 4.92 Å². The van der Waals surface area contributed by atoms with Crippen molar-refractivity contribution in [3.05, 3.63) is 40.6 Å². The highest BCUT2D eigenvalue weighted by Crippen LogP contribution is 2.30. The van der Waals surface area contributed by atoms with Crippen LogP contribution in [0.2, 0.25) is 0 Å². The molecule has 0 amide bonds. The van der Waals surface area contributed by atoms with Gasteiger partial charge in [-0.3, -0.25) is 15.1 Å². The minimum absolute atomic E-state index is 0.0484. The van der Waals surface area contributed by atoms with Gasteiger partial charge in [-0.1, -0.05) is 0 Å². The van der Waals surface area contributed by atoms with Gasteiger partial charge >= 0.3 is 0 Å². The SMILES string of the molecule is CSCC(CCO)Nc1ccc([N+](=O)[O-])c2cccnc12. The molecule has 2 rings (SSSR count). The Balaban J connectivity index is 2.40. The highest BCUT2D eigenvalue weighted by Gasteiger charge is 2.16. The number of anilines is 1. The van der Waals surface area contributed by atoms with Gasteiger partial charge in [-0.2, -0.15) is 11.8 Å². The number of aliphatic hydroxyl groups is 1.